The van der Waals surface area contributed by atoms with E-state index in [9.17, 15) is 14.4 Å². The van der Waals surface area contributed by atoms with Crippen LogP contribution in [0.15, 0.2) is 12.2 Å². The Kier molecular flexibility index (Phi) is 9.65. The second kappa shape index (κ2) is 10.6. The van der Waals surface area contributed by atoms with Gasteiger partial charge < -0.3 is 20.7 Å². The van der Waals surface area contributed by atoms with Gasteiger partial charge in [-0.15, -0.1) is 0 Å². The SMILES string of the molecule is C/C=C/C(=O)NCCCNC(=O)CCNC(=O)OC(C)(C)C. The smallest absolute Gasteiger partial charge is 0.407 e. The largest absolute Gasteiger partial charge is 0.444 e. The van der Waals surface area contributed by atoms with E-state index < -0.39 is 11.7 Å². The Morgan fingerprint density at radius 1 is 1.00 bits per heavy atom. The first kappa shape index (κ1) is 19.9. The number of nitrogens with one attached hydrogen (secondary N) is 3. The van der Waals surface area contributed by atoms with Crippen molar-refractivity contribution in [3.05, 3.63) is 12.2 Å². The fourth-order valence-electron chi connectivity index (χ4n) is 1.42. The first-order valence-electron chi connectivity index (χ1n) is 7.38. The first-order chi connectivity index (χ1) is 10.2. The van der Waals surface area contributed by atoms with E-state index in [1.54, 1.807) is 33.8 Å². The number of amides is 3. The van der Waals surface area contributed by atoms with Crippen molar-refractivity contribution in [1.29, 1.82) is 0 Å². The van der Waals surface area contributed by atoms with Gasteiger partial charge in [0.25, 0.3) is 0 Å². The fraction of sp³-hybridized carbons (Fsp3) is 0.667. The summed E-state index contributed by atoms with van der Waals surface area (Å²) in [5.74, 6) is -0.300. The van der Waals surface area contributed by atoms with Gasteiger partial charge >= 0.3 is 6.09 Å². The van der Waals surface area contributed by atoms with E-state index in [4.69, 9.17) is 4.74 Å². The number of rotatable bonds is 8. The molecule has 0 aromatic heterocycles. The van der Waals surface area contributed by atoms with Crippen LogP contribution in [0.5, 0.6) is 0 Å². The van der Waals surface area contributed by atoms with Crippen molar-refractivity contribution in [3.63, 3.8) is 0 Å². The molecular formula is C15H27N3O4. The quantitative estimate of drug-likeness (QED) is 0.462. The van der Waals surface area contributed by atoms with Gasteiger partial charge in [-0.05, 0) is 40.2 Å². The van der Waals surface area contributed by atoms with Crippen LogP contribution in [0.25, 0.3) is 0 Å². The van der Waals surface area contributed by atoms with E-state index in [0.717, 1.165) is 0 Å². The number of hydrogen-bond acceptors (Lipinski definition) is 4. The summed E-state index contributed by atoms with van der Waals surface area (Å²) in [5, 5.41) is 7.91. The molecule has 126 valence electrons. The number of allylic oxidation sites excluding steroid dienone is 1. The van der Waals surface area contributed by atoms with Gasteiger partial charge in [0.15, 0.2) is 0 Å². The molecule has 0 aliphatic rings. The predicted molar refractivity (Wildman–Crippen MR) is 84.3 cm³/mol. The highest BCUT2D eigenvalue weighted by Crippen LogP contribution is 2.06. The molecule has 0 fully saturated rings. The number of hydrogen-bond donors (Lipinski definition) is 3. The summed E-state index contributed by atoms with van der Waals surface area (Å²) in [6.45, 7) is 8.28. The van der Waals surface area contributed by atoms with E-state index >= 15 is 0 Å². The topological polar surface area (TPSA) is 96.5 Å². The summed E-state index contributed by atoms with van der Waals surface area (Å²) in [5.41, 5.74) is -0.552. The normalized spacial score (nSPS) is 11.1. The zero-order chi connectivity index (χ0) is 17.0. The average molecular weight is 313 g/mol. The average Bonchev–Trinajstić information content (AvgIpc) is 2.36. The summed E-state index contributed by atoms with van der Waals surface area (Å²) in [6, 6.07) is 0. The molecule has 0 unspecified atom stereocenters. The number of alkyl carbamates (subject to hydrolysis) is 1. The van der Waals surface area contributed by atoms with Gasteiger partial charge in [0.1, 0.15) is 5.60 Å². The molecule has 0 atom stereocenters. The molecular weight excluding hydrogens is 286 g/mol. The molecule has 0 radical (unpaired) electrons. The minimum Gasteiger partial charge on any atom is -0.444 e. The van der Waals surface area contributed by atoms with Crippen LogP contribution in [0.1, 0.15) is 40.5 Å². The molecule has 7 nitrogen and oxygen atoms in total. The third-order valence-corrected chi connectivity index (χ3v) is 2.31. The number of ether oxygens (including phenoxy) is 1. The highest BCUT2D eigenvalue weighted by atomic mass is 16.6. The van der Waals surface area contributed by atoms with Gasteiger partial charge in [0.2, 0.25) is 11.8 Å². The third-order valence-electron chi connectivity index (χ3n) is 2.31. The van der Waals surface area contributed by atoms with Crippen LogP contribution in [0, 0.1) is 0 Å². The zero-order valence-electron chi connectivity index (χ0n) is 13.8. The minimum absolute atomic E-state index is 0.143. The van der Waals surface area contributed by atoms with Crippen molar-refractivity contribution in [3.8, 4) is 0 Å². The maximum atomic E-state index is 11.5. The summed E-state index contributed by atoms with van der Waals surface area (Å²) in [7, 11) is 0. The highest BCUT2D eigenvalue weighted by Gasteiger charge is 2.15. The van der Waals surface area contributed by atoms with E-state index in [0.29, 0.717) is 19.5 Å². The molecule has 0 aliphatic carbocycles. The molecule has 0 saturated heterocycles. The number of carbonyl (C=O) groups excluding carboxylic acids is 3. The zero-order valence-corrected chi connectivity index (χ0v) is 13.8. The fourth-order valence-corrected chi connectivity index (χ4v) is 1.42. The molecule has 0 bridgehead atoms. The third kappa shape index (κ3) is 13.0. The lowest BCUT2D eigenvalue weighted by Gasteiger charge is -2.19. The van der Waals surface area contributed by atoms with Gasteiger partial charge in [-0.2, -0.15) is 0 Å². The Morgan fingerprint density at radius 3 is 2.23 bits per heavy atom. The maximum Gasteiger partial charge on any atom is 0.407 e. The molecule has 0 saturated carbocycles. The Morgan fingerprint density at radius 2 is 1.64 bits per heavy atom. The molecule has 0 aliphatic heterocycles. The van der Waals surface area contributed by atoms with Crippen LogP contribution >= 0.6 is 0 Å². The Labute approximate surface area is 131 Å². The first-order valence-corrected chi connectivity index (χ1v) is 7.38. The second-order valence-electron chi connectivity index (χ2n) is 5.67. The van der Waals surface area contributed by atoms with Crippen molar-refractivity contribution < 1.29 is 19.1 Å². The molecule has 0 aromatic carbocycles. The molecule has 3 amide bonds. The van der Waals surface area contributed by atoms with E-state index in [1.807, 2.05) is 0 Å². The summed E-state index contributed by atoms with van der Waals surface area (Å²) >= 11 is 0. The van der Waals surface area contributed by atoms with Crippen LogP contribution in [0.3, 0.4) is 0 Å². The van der Waals surface area contributed by atoms with Gasteiger partial charge in [0.05, 0.1) is 0 Å². The molecule has 0 rings (SSSR count). The monoisotopic (exact) mass is 313 g/mol. The molecule has 0 heterocycles. The van der Waals surface area contributed by atoms with Crippen molar-refractivity contribution in [1.82, 2.24) is 16.0 Å². The summed E-state index contributed by atoms with van der Waals surface area (Å²) < 4.78 is 5.05. The van der Waals surface area contributed by atoms with Crippen LogP contribution < -0.4 is 16.0 Å². The van der Waals surface area contributed by atoms with Crippen LogP contribution in [-0.4, -0.2) is 43.1 Å². The maximum absolute atomic E-state index is 11.5. The van der Waals surface area contributed by atoms with Gasteiger partial charge in [-0.25, -0.2) is 4.79 Å². The second-order valence-corrected chi connectivity index (χ2v) is 5.67. The van der Waals surface area contributed by atoms with Crippen molar-refractivity contribution in [2.75, 3.05) is 19.6 Å². The van der Waals surface area contributed by atoms with E-state index in [-0.39, 0.29) is 24.8 Å². The molecule has 22 heavy (non-hydrogen) atoms. The highest BCUT2D eigenvalue weighted by molar-refractivity contribution is 5.87. The lowest BCUT2D eigenvalue weighted by Crippen LogP contribution is -2.35. The Hall–Kier alpha value is -2.05. The summed E-state index contributed by atoms with van der Waals surface area (Å²) in [4.78, 5) is 34.0. The van der Waals surface area contributed by atoms with E-state index in [1.165, 1.54) is 6.08 Å². The van der Waals surface area contributed by atoms with Crippen LogP contribution in [0.2, 0.25) is 0 Å². The number of carbonyl (C=O) groups is 3. The Bertz CT molecular complexity index is 400. The van der Waals surface area contributed by atoms with Crippen LogP contribution in [0.4, 0.5) is 4.79 Å². The van der Waals surface area contributed by atoms with Crippen molar-refractivity contribution >= 4 is 17.9 Å². The lowest BCUT2D eigenvalue weighted by molar-refractivity contribution is -0.120. The standard InChI is InChI=1S/C15H27N3O4/c1-5-7-12(19)16-9-6-10-17-13(20)8-11-18-14(21)22-15(2,3)4/h5,7H,6,8-11H2,1-4H3,(H,16,19)(H,17,20)(H,18,21)/b7-5+. The van der Waals surface area contributed by atoms with Crippen LogP contribution in [-0.2, 0) is 14.3 Å². The lowest BCUT2D eigenvalue weighted by atomic mass is 10.2. The molecule has 0 spiro atoms. The molecule has 0 aromatic rings. The van der Waals surface area contributed by atoms with Gasteiger partial charge in [0, 0.05) is 26.1 Å². The predicted octanol–water partition coefficient (Wildman–Crippen LogP) is 1.10. The summed E-state index contributed by atoms with van der Waals surface area (Å²) in [6.07, 6.45) is 3.40. The molecule has 7 heteroatoms. The van der Waals surface area contributed by atoms with Gasteiger partial charge in [-0.3, -0.25) is 9.59 Å². The molecule has 3 N–H and O–H groups in total. The van der Waals surface area contributed by atoms with Crippen molar-refractivity contribution in [2.45, 2.75) is 46.1 Å². The van der Waals surface area contributed by atoms with Gasteiger partial charge in [-0.1, -0.05) is 6.08 Å². The Balaban J connectivity index is 3.59. The minimum atomic E-state index is -0.552. The van der Waals surface area contributed by atoms with E-state index in [2.05, 4.69) is 16.0 Å². The van der Waals surface area contributed by atoms with Crippen molar-refractivity contribution in [2.24, 2.45) is 0 Å².